The van der Waals surface area contributed by atoms with Crippen LogP contribution in [0.2, 0.25) is 0 Å². The van der Waals surface area contributed by atoms with Crippen molar-refractivity contribution in [2.75, 3.05) is 19.6 Å². The van der Waals surface area contributed by atoms with Gasteiger partial charge >= 0.3 is 0 Å². The van der Waals surface area contributed by atoms with Gasteiger partial charge in [-0.25, -0.2) is 19.5 Å². The number of fused-ring (bicyclic) bond motifs is 5. The number of hydrogen-bond acceptors (Lipinski definition) is 6. The van der Waals surface area contributed by atoms with Gasteiger partial charge < -0.3 is 4.90 Å². The van der Waals surface area contributed by atoms with E-state index in [2.05, 4.69) is 24.8 Å². The average Bonchev–Trinajstić information content (AvgIpc) is 3.23. The Morgan fingerprint density at radius 1 is 1.15 bits per heavy atom. The van der Waals surface area contributed by atoms with E-state index in [0.29, 0.717) is 5.92 Å². The number of likely N-dealkylation sites (tertiary alicyclic amines) is 1. The lowest BCUT2D eigenvalue weighted by atomic mass is 10.1. The molecule has 0 amide bonds. The van der Waals surface area contributed by atoms with Crippen molar-refractivity contribution >= 4 is 37.4 Å². The second kappa shape index (κ2) is 6.49. The van der Waals surface area contributed by atoms with Gasteiger partial charge in [-0.2, -0.15) is 0 Å². The molecule has 1 aliphatic rings. The molecule has 4 aromatic heterocycles. The lowest BCUT2D eigenvalue weighted by Gasteiger charge is -2.28. The summed E-state index contributed by atoms with van der Waals surface area (Å²) < 4.78 is 2.92. The van der Waals surface area contributed by atoms with Crippen LogP contribution >= 0.6 is 11.3 Å². The minimum Gasteiger partial charge on any atom is -0.303 e. The predicted octanol–water partition coefficient (Wildman–Crippen LogP) is 4.09. The van der Waals surface area contributed by atoms with E-state index in [1.54, 1.807) is 17.7 Å². The quantitative estimate of drug-likeness (QED) is 0.536. The lowest BCUT2D eigenvalue weighted by molar-refractivity contribution is 0.217. The first-order valence-corrected chi connectivity index (χ1v) is 10.6. The number of pyridine rings is 1. The Morgan fingerprint density at radius 3 is 2.78 bits per heavy atom. The van der Waals surface area contributed by atoms with Gasteiger partial charge in [-0.15, -0.1) is 16.4 Å². The fourth-order valence-electron chi connectivity index (χ4n) is 4.20. The van der Waals surface area contributed by atoms with Gasteiger partial charge in [-0.3, -0.25) is 0 Å². The molecule has 5 rings (SSSR count). The third kappa shape index (κ3) is 2.89. The zero-order valence-corrected chi connectivity index (χ0v) is 16.9. The zero-order valence-electron chi connectivity index (χ0n) is 16.1. The molecule has 7 heteroatoms. The van der Waals surface area contributed by atoms with E-state index in [9.17, 15) is 0 Å². The fourth-order valence-corrected chi connectivity index (χ4v) is 5.43. The molecule has 0 bridgehead atoms. The molecule has 6 nitrogen and oxygen atoms in total. The third-order valence-electron chi connectivity index (χ3n) is 5.53. The average molecular weight is 381 g/mol. The normalized spacial score (nSPS) is 17.3. The largest absolute Gasteiger partial charge is 0.303 e. The number of piperidine rings is 1. The number of hydrogen-bond donors (Lipinski definition) is 0. The Balaban J connectivity index is 1.58. The van der Waals surface area contributed by atoms with Gasteiger partial charge in [0.25, 0.3) is 0 Å². The predicted molar refractivity (Wildman–Crippen MR) is 110 cm³/mol. The Labute approximate surface area is 162 Å². The van der Waals surface area contributed by atoms with Crippen molar-refractivity contribution < 1.29 is 0 Å². The molecule has 1 atom stereocenters. The molecule has 0 aromatic carbocycles. The van der Waals surface area contributed by atoms with Gasteiger partial charge in [0.1, 0.15) is 15.9 Å². The first-order valence-electron chi connectivity index (χ1n) is 9.74. The topological polar surface area (TPSA) is 59.2 Å². The molecule has 27 heavy (non-hydrogen) atoms. The summed E-state index contributed by atoms with van der Waals surface area (Å²) >= 11 is 1.67. The van der Waals surface area contributed by atoms with Crippen molar-refractivity contribution in [3.63, 3.8) is 0 Å². The van der Waals surface area contributed by atoms with Crippen molar-refractivity contribution in [2.24, 2.45) is 0 Å². The van der Waals surface area contributed by atoms with Crippen molar-refractivity contribution in [2.45, 2.75) is 46.0 Å². The minimum absolute atomic E-state index is 0.314. The Bertz CT molecular complexity index is 1140. The number of thiophene rings is 1. The van der Waals surface area contributed by atoms with Crippen LogP contribution < -0.4 is 0 Å². The van der Waals surface area contributed by atoms with Crippen LogP contribution in [-0.4, -0.2) is 49.1 Å². The summed E-state index contributed by atoms with van der Waals surface area (Å²) in [5.41, 5.74) is 4.16. The molecule has 0 spiro atoms. The summed E-state index contributed by atoms with van der Waals surface area (Å²) in [5.74, 6) is 1.22. The van der Waals surface area contributed by atoms with E-state index in [-0.39, 0.29) is 0 Å². The molecule has 1 saturated heterocycles. The minimum atomic E-state index is 0.314. The molecule has 140 valence electrons. The highest BCUT2D eigenvalue weighted by molar-refractivity contribution is 7.26. The third-order valence-corrected chi connectivity index (χ3v) is 6.60. The van der Waals surface area contributed by atoms with Gasteiger partial charge in [-0.05, 0) is 51.4 Å². The molecule has 0 aliphatic carbocycles. The Morgan fingerprint density at radius 2 is 1.96 bits per heavy atom. The van der Waals surface area contributed by atoms with E-state index in [1.807, 2.05) is 11.4 Å². The molecular weight excluding hydrogens is 356 g/mol. The van der Waals surface area contributed by atoms with Crippen LogP contribution in [0, 0.1) is 13.8 Å². The molecular formula is C20H24N6S. The Hall–Kier alpha value is -2.12. The summed E-state index contributed by atoms with van der Waals surface area (Å²) in [5, 5.41) is 5.89. The summed E-state index contributed by atoms with van der Waals surface area (Å²) in [4.78, 5) is 17.9. The SMILES string of the molecule is Cc1cc(C)c2c(n1)sc1c2ncn2nc([C@H](C)CN3CCCCC3)nc12. The maximum atomic E-state index is 4.92. The molecule has 0 radical (unpaired) electrons. The summed E-state index contributed by atoms with van der Waals surface area (Å²) in [6.07, 6.45) is 5.78. The van der Waals surface area contributed by atoms with E-state index in [0.717, 1.165) is 44.1 Å². The number of aryl methyl sites for hydroxylation is 2. The monoisotopic (exact) mass is 380 g/mol. The lowest BCUT2D eigenvalue weighted by Crippen LogP contribution is -2.33. The zero-order chi connectivity index (χ0) is 18.5. The van der Waals surface area contributed by atoms with Gasteiger partial charge in [0.2, 0.25) is 0 Å². The van der Waals surface area contributed by atoms with E-state index in [4.69, 9.17) is 20.1 Å². The van der Waals surface area contributed by atoms with Crippen LogP contribution in [0.15, 0.2) is 12.4 Å². The van der Waals surface area contributed by atoms with Crippen LogP contribution in [0.4, 0.5) is 0 Å². The van der Waals surface area contributed by atoms with Crippen LogP contribution in [-0.2, 0) is 0 Å². The number of aromatic nitrogens is 5. The molecule has 0 N–H and O–H groups in total. The maximum absolute atomic E-state index is 4.92. The van der Waals surface area contributed by atoms with Crippen molar-refractivity contribution in [1.82, 2.24) is 29.5 Å². The van der Waals surface area contributed by atoms with E-state index < -0.39 is 0 Å². The van der Waals surface area contributed by atoms with Crippen LogP contribution in [0.25, 0.3) is 26.1 Å². The maximum Gasteiger partial charge on any atom is 0.176 e. The summed E-state index contributed by atoms with van der Waals surface area (Å²) in [6.45, 7) is 9.82. The highest BCUT2D eigenvalue weighted by Crippen LogP contribution is 2.35. The molecule has 4 aromatic rings. The van der Waals surface area contributed by atoms with E-state index >= 15 is 0 Å². The van der Waals surface area contributed by atoms with Crippen LogP contribution in [0.5, 0.6) is 0 Å². The molecule has 1 fully saturated rings. The van der Waals surface area contributed by atoms with Crippen molar-refractivity contribution in [3.05, 3.63) is 29.5 Å². The van der Waals surface area contributed by atoms with Crippen molar-refractivity contribution in [3.8, 4) is 0 Å². The second-order valence-electron chi connectivity index (χ2n) is 7.79. The number of nitrogens with zero attached hydrogens (tertiary/aromatic N) is 6. The van der Waals surface area contributed by atoms with Crippen LogP contribution in [0.1, 0.15) is 49.2 Å². The fraction of sp³-hybridized carbons (Fsp3) is 0.500. The highest BCUT2D eigenvalue weighted by Gasteiger charge is 2.20. The van der Waals surface area contributed by atoms with Gasteiger partial charge in [0, 0.05) is 23.5 Å². The van der Waals surface area contributed by atoms with Crippen molar-refractivity contribution in [1.29, 1.82) is 0 Å². The Kier molecular flexibility index (Phi) is 4.09. The summed E-state index contributed by atoms with van der Waals surface area (Å²) in [6, 6.07) is 2.12. The number of rotatable bonds is 3. The van der Waals surface area contributed by atoms with Gasteiger partial charge in [0.15, 0.2) is 11.5 Å². The summed E-state index contributed by atoms with van der Waals surface area (Å²) in [7, 11) is 0. The standard InChI is InChI=1S/C20H24N6S/c1-12-9-14(3)22-20-15(12)16-17(27-20)19-23-18(24-26(19)11-21-16)13(2)10-25-7-5-4-6-8-25/h9,11,13H,4-8,10H2,1-3H3/t13-/m1/s1. The first kappa shape index (κ1) is 17.0. The molecule has 0 saturated carbocycles. The smallest absolute Gasteiger partial charge is 0.176 e. The molecule has 0 unspecified atom stereocenters. The highest BCUT2D eigenvalue weighted by atomic mass is 32.1. The second-order valence-corrected chi connectivity index (χ2v) is 8.78. The van der Waals surface area contributed by atoms with Gasteiger partial charge in [0.05, 0.1) is 5.52 Å². The van der Waals surface area contributed by atoms with Crippen LogP contribution in [0.3, 0.4) is 0 Å². The molecule has 1 aliphatic heterocycles. The van der Waals surface area contributed by atoms with Gasteiger partial charge in [-0.1, -0.05) is 13.3 Å². The first-order chi connectivity index (χ1) is 13.1. The molecule has 5 heterocycles. The van der Waals surface area contributed by atoms with E-state index in [1.165, 1.54) is 37.9 Å².